The van der Waals surface area contributed by atoms with Crippen molar-refractivity contribution in [1.82, 2.24) is 0 Å². The number of benzene rings is 1. The molecule has 0 N–H and O–H groups in total. The molecular formula is C19H26O6. The zero-order chi connectivity index (χ0) is 17.7. The third-order valence-electron chi connectivity index (χ3n) is 4.70. The Morgan fingerprint density at radius 2 is 1.64 bits per heavy atom. The van der Waals surface area contributed by atoms with Gasteiger partial charge in [-0.3, -0.25) is 0 Å². The Bertz CT molecular complexity index is 601. The van der Waals surface area contributed by atoms with Crippen LogP contribution in [0.25, 0.3) is 0 Å². The van der Waals surface area contributed by atoms with Gasteiger partial charge < -0.3 is 28.4 Å². The van der Waals surface area contributed by atoms with Crippen LogP contribution in [0, 0.1) is 0 Å². The van der Waals surface area contributed by atoms with Crippen molar-refractivity contribution in [3.8, 4) is 0 Å². The number of fused-ring (bicyclic) bond motifs is 1. The highest BCUT2D eigenvalue weighted by atomic mass is 16.8. The highest BCUT2D eigenvalue weighted by molar-refractivity contribution is 5.13. The standard InChI is InChI=1S/C19H26O6/c1-18(2)21-11-13(23-18)14-15-16(25-19(3,4)24-15)17(22-14)20-10-12-8-6-5-7-9-12/h5-9,13-17H,10-11H2,1-4H3/t13-,14+,15+,16+,17-/m0/s1. The third kappa shape index (κ3) is 3.60. The molecule has 0 radical (unpaired) electrons. The fraction of sp³-hybridized carbons (Fsp3) is 0.684. The third-order valence-corrected chi connectivity index (χ3v) is 4.70. The lowest BCUT2D eigenvalue weighted by atomic mass is 10.1. The van der Waals surface area contributed by atoms with Gasteiger partial charge in [-0.1, -0.05) is 30.3 Å². The van der Waals surface area contributed by atoms with Gasteiger partial charge in [0.25, 0.3) is 0 Å². The van der Waals surface area contributed by atoms with E-state index in [4.69, 9.17) is 28.4 Å². The van der Waals surface area contributed by atoms with Gasteiger partial charge in [0.05, 0.1) is 13.2 Å². The van der Waals surface area contributed by atoms with E-state index in [2.05, 4.69) is 0 Å². The SMILES string of the molecule is CC1(C)O[C@H]2[C@@H](O1)[C@@H](OCc1ccccc1)O[C@@H]2[C@@H]1COC(C)(C)O1. The summed E-state index contributed by atoms with van der Waals surface area (Å²) in [6, 6.07) is 10.0. The fourth-order valence-corrected chi connectivity index (χ4v) is 3.65. The normalized spacial score (nSPS) is 38.8. The molecular weight excluding hydrogens is 324 g/mol. The second-order valence-electron chi connectivity index (χ2n) is 7.70. The van der Waals surface area contributed by atoms with Crippen LogP contribution in [-0.4, -0.2) is 48.9 Å². The van der Waals surface area contributed by atoms with Gasteiger partial charge in [0.15, 0.2) is 17.9 Å². The van der Waals surface area contributed by atoms with Crippen LogP contribution in [0.3, 0.4) is 0 Å². The van der Waals surface area contributed by atoms with Crippen LogP contribution in [0.15, 0.2) is 30.3 Å². The van der Waals surface area contributed by atoms with E-state index in [0.717, 1.165) is 5.56 Å². The summed E-state index contributed by atoms with van der Waals surface area (Å²) in [5.41, 5.74) is 1.09. The molecule has 0 aromatic heterocycles. The molecule has 0 saturated carbocycles. The zero-order valence-corrected chi connectivity index (χ0v) is 15.1. The Labute approximate surface area is 148 Å². The van der Waals surface area contributed by atoms with Gasteiger partial charge in [-0.15, -0.1) is 0 Å². The van der Waals surface area contributed by atoms with Gasteiger partial charge in [0.1, 0.15) is 24.4 Å². The van der Waals surface area contributed by atoms with Crippen molar-refractivity contribution in [2.45, 2.75) is 76.6 Å². The summed E-state index contributed by atoms with van der Waals surface area (Å²) in [4.78, 5) is 0. The van der Waals surface area contributed by atoms with Crippen LogP contribution in [0.5, 0.6) is 0 Å². The minimum Gasteiger partial charge on any atom is -0.348 e. The molecule has 0 amide bonds. The van der Waals surface area contributed by atoms with Gasteiger partial charge in [-0.25, -0.2) is 0 Å². The van der Waals surface area contributed by atoms with Crippen molar-refractivity contribution >= 4 is 0 Å². The van der Waals surface area contributed by atoms with Crippen LogP contribution in [0.1, 0.15) is 33.3 Å². The van der Waals surface area contributed by atoms with E-state index in [-0.39, 0.29) is 24.4 Å². The number of hydrogen-bond acceptors (Lipinski definition) is 6. The van der Waals surface area contributed by atoms with Crippen LogP contribution in [-0.2, 0) is 35.0 Å². The van der Waals surface area contributed by atoms with E-state index >= 15 is 0 Å². The van der Waals surface area contributed by atoms with Crippen molar-refractivity contribution in [3.05, 3.63) is 35.9 Å². The lowest BCUT2D eigenvalue weighted by molar-refractivity contribution is -0.250. The summed E-state index contributed by atoms with van der Waals surface area (Å²) in [5.74, 6) is -1.28. The summed E-state index contributed by atoms with van der Waals surface area (Å²) >= 11 is 0. The van der Waals surface area contributed by atoms with Gasteiger partial charge in [-0.05, 0) is 33.3 Å². The largest absolute Gasteiger partial charge is 0.348 e. The summed E-state index contributed by atoms with van der Waals surface area (Å²) in [6.07, 6.45) is -1.50. The second-order valence-corrected chi connectivity index (χ2v) is 7.70. The van der Waals surface area contributed by atoms with Gasteiger partial charge >= 0.3 is 0 Å². The van der Waals surface area contributed by atoms with E-state index in [1.165, 1.54) is 0 Å². The molecule has 5 atom stereocenters. The topological polar surface area (TPSA) is 55.4 Å². The highest BCUT2D eigenvalue weighted by Gasteiger charge is 2.59. The van der Waals surface area contributed by atoms with Crippen molar-refractivity contribution in [1.29, 1.82) is 0 Å². The first kappa shape index (κ1) is 17.4. The predicted molar refractivity (Wildman–Crippen MR) is 88.6 cm³/mol. The first-order valence-electron chi connectivity index (χ1n) is 8.81. The lowest BCUT2D eigenvalue weighted by Crippen LogP contribution is -2.40. The number of ether oxygens (including phenoxy) is 6. The van der Waals surface area contributed by atoms with Crippen molar-refractivity contribution < 1.29 is 28.4 Å². The zero-order valence-electron chi connectivity index (χ0n) is 15.1. The molecule has 3 aliphatic rings. The van der Waals surface area contributed by atoms with Crippen molar-refractivity contribution in [3.63, 3.8) is 0 Å². The molecule has 0 aliphatic carbocycles. The van der Waals surface area contributed by atoms with E-state index < -0.39 is 17.9 Å². The Morgan fingerprint density at radius 1 is 0.920 bits per heavy atom. The van der Waals surface area contributed by atoms with E-state index in [0.29, 0.717) is 13.2 Å². The molecule has 3 aliphatic heterocycles. The predicted octanol–water partition coefficient (Wildman–Crippen LogP) is 2.60. The maximum absolute atomic E-state index is 6.14. The smallest absolute Gasteiger partial charge is 0.187 e. The molecule has 0 bridgehead atoms. The maximum Gasteiger partial charge on any atom is 0.187 e. The highest BCUT2D eigenvalue weighted by Crippen LogP contribution is 2.42. The van der Waals surface area contributed by atoms with Crippen molar-refractivity contribution in [2.24, 2.45) is 0 Å². The van der Waals surface area contributed by atoms with Crippen LogP contribution < -0.4 is 0 Å². The Morgan fingerprint density at radius 3 is 2.32 bits per heavy atom. The van der Waals surface area contributed by atoms with Crippen LogP contribution >= 0.6 is 0 Å². The summed E-state index contributed by atoms with van der Waals surface area (Å²) in [5, 5.41) is 0. The molecule has 25 heavy (non-hydrogen) atoms. The monoisotopic (exact) mass is 350 g/mol. The van der Waals surface area contributed by atoms with E-state index in [9.17, 15) is 0 Å². The van der Waals surface area contributed by atoms with E-state index in [1.54, 1.807) is 0 Å². The maximum atomic E-state index is 6.14. The molecule has 6 heteroatoms. The fourth-order valence-electron chi connectivity index (χ4n) is 3.65. The van der Waals surface area contributed by atoms with Crippen LogP contribution in [0.4, 0.5) is 0 Å². The Balaban J connectivity index is 1.47. The molecule has 138 valence electrons. The molecule has 0 spiro atoms. The average Bonchev–Trinajstić information content (AvgIpc) is 3.17. The summed E-state index contributed by atoms with van der Waals surface area (Å²) in [6.45, 7) is 8.55. The molecule has 1 aromatic rings. The molecule has 3 fully saturated rings. The Hall–Kier alpha value is -1.02. The molecule has 1 aromatic carbocycles. The van der Waals surface area contributed by atoms with Crippen molar-refractivity contribution in [2.75, 3.05) is 6.61 Å². The molecule has 3 saturated heterocycles. The minimum absolute atomic E-state index is 0.203. The molecule has 0 unspecified atom stereocenters. The average molecular weight is 350 g/mol. The van der Waals surface area contributed by atoms with Gasteiger partial charge in [0.2, 0.25) is 0 Å². The second kappa shape index (κ2) is 6.30. The summed E-state index contributed by atoms with van der Waals surface area (Å²) < 4.78 is 36.0. The minimum atomic E-state index is -0.666. The first-order valence-corrected chi connectivity index (χ1v) is 8.81. The van der Waals surface area contributed by atoms with Gasteiger partial charge in [-0.2, -0.15) is 0 Å². The first-order chi connectivity index (χ1) is 11.8. The van der Waals surface area contributed by atoms with Gasteiger partial charge in [0, 0.05) is 0 Å². The van der Waals surface area contributed by atoms with E-state index in [1.807, 2.05) is 58.0 Å². The molecule has 4 rings (SSSR count). The quantitative estimate of drug-likeness (QED) is 0.832. The molecule has 6 nitrogen and oxygen atoms in total. The Kier molecular flexibility index (Phi) is 4.38. The summed E-state index contributed by atoms with van der Waals surface area (Å²) in [7, 11) is 0. The van der Waals surface area contributed by atoms with Crippen LogP contribution in [0.2, 0.25) is 0 Å². The molecule has 3 heterocycles. The number of rotatable bonds is 4. The lowest BCUT2D eigenvalue weighted by Gasteiger charge is -2.27. The number of hydrogen-bond donors (Lipinski definition) is 0.